The number of ether oxygens (including phenoxy) is 2. The number of amides is 1. The van der Waals surface area contributed by atoms with E-state index in [0.29, 0.717) is 17.3 Å². The van der Waals surface area contributed by atoms with Gasteiger partial charge in [-0.2, -0.15) is 0 Å². The number of thiophene rings is 1. The van der Waals surface area contributed by atoms with Gasteiger partial charge in [0.2, 0.25) is 5.91 Å². The molecule has 0 atom stereocenters. The lowest BCUT2D eigenvalue weighted by Crippen LogP contribution is -2.17. The monoisotopic (exact) mass is 468 g/mol. The van der Waals surface area contributed by atoms with Gasteiger partial charge in [0.1, 0.15) is 15.7 Å². The maximum atomic E-state index is 12.6. The number of anilines is 1. The molecular weight excluding hydrogens is 440 g/mol. The van der Waals surface area contributed by atoms with Gasteiger partial charge in [0.05, 0.1) is 24.5 Å². The first-order valence-electron chi connectivity index (χ1n) is 10.2. The number of carbonyl (C=O) groups excluding carboxylic acids is 3. The van der Waals surface area contributed by atoms with Crippen molar-refractivity contribution in [1.82, 2.24) is 14.8 Å². The van der Waals surface area contributed by atoms with E-state index in [9.17, 15) is 14.4 Å². The highest BCUT2D eigenvalue weighted by Gasteiger charge is 2.27. The molecule has 9 nitrogen and oxygen atoms in total. The number of aryl methyl sites for hydroxylation is 1. The Bertz CT molecular complexity index is 938. The van der Waals surface area contributed by atoms with Crippen LogP contribution >= 0.6 is 23.1 Å². The van der Waals surface area contributed by atoms with Gasteiger partial charge in [-0.05, 0) is 39.7 Å². The van der Waals surface area contributed by atoms with Crippen molar-refractivity contribution in [1.29, 1.82) is 0 Å². The van der Waals surface area contributed by atoms with Crippen LogP contribution in [0.4, 0.5) is 5.00 Å². The second-order valence-corrected chi connectivity index (χ2v) is 8.39. The number of hydrogen-bond donors (Lipinski definition) is 1. The Kier molecular flexibility index (Phi) is 9.50. The zero-order valence-corrected chi connectivity index (χ0v) is 20.1. The largest absolute Gasteiger partial charge is 0.462 e. The van der Waals surface area contributed by atoms with Crippen LogP contribution in [-0.4, -0.2) is 51.6 Å². The zero-order chi connectivity index (χ0) is 23.0. The molecule has 1 amide bonds. The first kappa shape index (κ1) is 24.9. The van der Waals surface area contributed by atoms with Crippen molar-refractivity contribution >= 4 is 45.9 Å². The maximum Gasteiger partial charge on any atom is 0.348 e. The quantitative estimate of drug-likeness (QED) is 0.392. The van der Waals surface area contributed by atoms with Gasteiger partial charge in [-0.25, -0.2) is 9.59 Å². The van der Waals surface area contributed by atoms with E-state index >= 15 is 0 Å². The van der Waals surface area contributed by atoms with E-state index in [-0.39, 0.29) is 40.3 Å². The summed E-state index contributed by atoms with van der Waals surface area (Å²) in [5.74, 6) is -0.479. The summed E-state index contributed by atoms with van der Waals surface area (Å²) < 4.78 is 12.2. The predicted octanol–water partition coefficient (Wildman–Crippen LogP) is 3.70. The minimum Gasteiger partial charge on any atom is -0.462 e. The first-order valence-corrected chi connectivity index (χ1v) is 12.0. The second-order valence-electron chi connectivity index (χ2n) is 6.43. The fourth-order valence-electron chi connectivity index (χ4n) is 2.89. The van der Waals surface area contributed by atoms with Crippen LogP contribution in [0.2, 0.25) is 0 Å². The van der Waals surface area contributed by atoms with Crippen molar-refractivity contribution < 1.29 is 23.9 Å². The minimum absolute atomic E-state index is 0.0816. The molecule has 0 spiro atoms. The molecule has 0 bridgehead atoms. The summed E-state index contributed by atoms with van der Waals surface area (Å²) in [6, 6.07) is 0. The van der Waals surface area contributed by atoms with Crippen LogP contribution in [0.5, 0.6) is 0 Å². The summed E-state index contributed by atoms with van der Waals surface area (Å²) in [5, 5.41) is 12.1. The Morgan fingerprint density at radius 3 is 2.35 bits per heavy atom. The standard InChI is InChI=1S/C20H28N4O5S2/c1-6-10-13-22-23-20(24(13)7-2)30-11-14(25)21-17-15(18(26)28-8-3)12(5)16(31-17)19(27)29-9-4/h6-11H2,1-5H3,(H,21,25). The molecule has 170 valence electrons. The van der Waals surface area contributed by atoms with E-state index in [1.165, 1.54) is 11.8 Å². The normalized spacial score (nSPS) is 10.7. The Labute approximate surface area is 189 Å². The number of nitrogens with zero attached hydrogens (tertiary/aromatic N) is 3. The Balaban J connectivity index is 2.19. The van der Waals surface area contributed by atoms with Crippen LogP contribution < -0.4 is 5.32 Å². The van der Waals surface area contributed by atoms with Crippen LogP contribution in [-0.2, 0) is 27.2 Å². The smallest absolute Gasteiger partial charge is 0.348 e. The Hall–Kier alpha value is -2.40. The van der Waals surface area contributed by atoms with Gasteiger partial charge in [-0.15, -0.1) is 21.5 Å². The molecule has 1 N–H and O–H groups in total. The average molecular weight is 469 g/mol. The number of thioether (sulfide) groups is 1. The topological polar surface area (TPSA) is 112 Å². The molecule has 2 aromatic heterocycles. The van der Waals surface area contributed by atoms with E-state index < -0.39 is 11.9 Å². The summed E-state index contributed by atoms with van der Waals surface area (Å²) in [4.78, 5) is 37.6. The third-order valence-electron chi connectivity index (χ3n) is 4.26. The molecule has 0 unspecified atom stereocenters. The van der Waals surface area contributed by atoms with Crippen LogP contribution in [0.1, 0.15) is 65.5 Å². The average Bonchev–Trinajstić information content (AvgIpc) is 3.27. The Morgan fingerprint density at radius 2 is 1.74 bits per heavy atom. The molecule has 31 heavy (non-hydrogen) atoms. The number of aromatic nitrogens is 3. The van der Waals surface area contributed by atoms with Gasteiger partial charge in [0.15, 0.2) is 5.16 Å². The van der Waals surface area contributed by atoms with E-state index in [1.807, 2.05) is 11.5 Å². The third-order valence-corrected chi connectivity index (χ3v) is 6.41. The summed E-state index contributed by atoms with van der Waals surface area (Å²) in [6.07, 6.45) is 1.78. The molecule has 2 heterocycles. The van der Waals surface area contributed by atoms with Crippen LogP contribution in [0.25, 0.3) is 0 Å². The molecule has 2 aromatic rings. The number of hydrogen-bond acceptors (Lipinski definition) is 9. The summed E-state index contributed by atoms with van der Waals surface area (Å²) >= 11 is 2.28. The Morgan fingerprint density at radius 1 is 1.06 bits per heavy atom. The van der Waals surface area contributed by atoms with Crippen molar-refractivity contribution in [3.63, 3.8) is 0 Å². The lowest BCUT2D eigenvalue weighted by atomic mass is 10.1. The number of nitrogens with one attached hydrogen (secondary N) is 1. The van der Waals surface area contributed by atoms with E-state index in [2.05, 4.69) is 22.4 Å². The molecule has 0 aliphatic carbocycles. The van der Waals surface area contributed by atoms with E-state index in [4.69, 9.17) is 9.47 Å². The predicted molar refractivity (Wildman–Crippen MR) is 120 cm³/mol. The van der Waals surface area contributed by atoms with E-state index in [0.717, 1.165) is 30.0 Å². The van der Waals surface area contributed by atoms with Gasteiger partial charge >= 0.3 is 11.9 Å². The minimum atomic E-state index is -0.593. The molecule has 2 rings (SSSR count). The van der Waals surface area contributed by atoms with E-state index in [1.54, 1.807) is 20.8 Å². The molecular formula is C20H28N4O5S2. The number of rotatable bonds is 11. The van der Waals surface area contributed by atoms with Gasteiger partial charge in [-0.1, -0.05) is 18.7 Å². The van der Waals surface area contributed by atoms with Crippen LogP contribution in [0, 0.1) is 6.92 Å². The highest BCUT2D eigenvalue weighted by Crippen LogP contribution is 2.34. The van der Waals surface area contributed by atoms with Crippen molar-refractivity contribution in [3.05, 3.63) is 21.8 Å². The van der Waals surface area contributed by atoms with Crippen molar-refractivity contribution in [2.45, 2.75) is 59.2 Å². The molecule has 0 aliphatic heterocycles. The molecule has 0 aliphatic rings. The highest BCUT2D eigenvalue weighted by molar-refractivity contribution is 7.99. The molecule has 0 radical (unpaired) electrons. The number of carbonyl (C=O) groups is 3. The highest BCUT2D eigenvalue weighted by atomic mass is 32.2. The fourth-order valence-corrected chi connectivity index (χ4v) is 4.81. The SMILES string of the molecule is CCCc1nnc(SCC(=O)Nc2sc(C(=O)OCC)c(C)c2C(=O)OCC)n1CC. The fraction of sp³-hybridized carbons (Fsp3) is 0.550. The molecule has 0 aromatic carbocycles. The summed E-state index contributed by atoms with van der Waals surface area (Å²) in [6.45, 7) is 10.2. The number of esters is 2. The summed E-state index contributed by atoms with van der Waals surface area (Å²) in [5.41, 5.74) is 0.606. The zero-order valence-electron chi connectivity index (χ0n) is 18.4. The molecule has 0 saturated heterocycles. The van der Waals surface area contributed by atoms with Gasteiger partial charge in [0.25, 0.3) is 0 Å². The van der Waals surface area contributed by atoms with Gasteiger partial charge in [0, 0.05) is 13.0 Å². The lowest BCUT2D eigenvalue weighted by molar-refractivity contribution is -0.113. The first-order chi connectivity index (χ1) is 14.9. The lowest BCUT2D eigenvalue weighted by Gasteiger charge is -2.08. The molecule has 0 saturated carbocycles. The third kappa shape index (κ3) is 6.07. The van der Waals surface area contributed by atoms with Crippen molar-refractivity contribution in [3.8, 4) is 0 Å². The van der Waals surface area contributed by atoms with Gasteiger partial charge < -0.3 is 19.4 Å². The summed E-state index contributed by atoms with van der Waals surface area (Å²) in [7, 11) is 0. The van der Waals surface area contributed by atoms with Crippen molar-refractivity contribution in [2.75, 3.05) is 24.3 Å². The van der Waals surface area contributed by atoms with Crippen LogP contribution in [0.15, 0.2) is 5.16 Å². The molecule has 0 fully saturated rings. The molecule has 11 heteroatoms. The second kappa shape index (κ2) is 11.8. The van der Waals surface area contributed by atoms with Crippen molar-refractivity contribution in [2.24, 2.45) is 0 Å². The maximum absolute atomic E-state index is 12.6. The van der Waals surface area contributed by atoms with Crippen LogP contribution in [0.3, 0.4) is 0 Å². The van der Waals surface area contributed by atoms with Gasteiger partial charge in [-0.3, -0.25) is 4.79 Å².